The van der Waals surface area contributed by atoms with Crippen LogP contribution >= 0.6 is 34.8 Å². The van der Waals surface area contributed by atoms with Crippen molar-refractivity contribution in [1.29, 1.82) is 5.26 Å². The molecular formula is C30H31Cl3FN3O. The lowest BCUT2D eigenvalue weighted by Gasteiger charge is -2.37. The van der Waals surface area contributed by atoms with Crippen LogP contribution in [0, 0.1) is 22.6 Å². The van der Waals surface area contributed by atoms with Gasteiger partial charge in [-0.2, -0.15) is 5.26 Å². The SMILES string of the molecule is CC(C)(C)C[C@@H]1NCC(c2cccc(Cl)c2)[C@@]1(C#N)c1ccc(Cl)cc1.O=CNCc1cccc(Cl)c1F. The Morgan fingerprint density at radius 2 is 1.76 bits per heavy atom. The van der Waals surface area contributed by atoms with Crippen molar-refractivity contribution < 1.29 is 9.18 Å². The number of halogens is 4. The van der Waals surface area contributed by atoms with Crippen LogP contribution in [0.1, 0.15) is 49.8 Å². The summed E-state index contributed by atoms with van der Waals surface area (Å²) in [6.07, 6.45) is 1.42. The highest BCUT2D eigenvalue weighted by atomic mass is 35.5. The van der Waals surface area contributed by atoms with Crippen LogP contribution in [-0.4, -0.2) is 19.0 Å². The Balaban J connectivity index is 0.000000279. The van der Waals surface area contributed by atoms with E-state index in [1.54, 1.807) is 12.1 Å². The van der Waals surface area contributed by atoms with Crippen molar-refractivity contribution in [3.8, 4) is 6.07 Å². The van der Waals surface area contributed by atoms with E-state index in [0.717, 1.165) is 24.1 Å². The van der Waals surface area contributed by atoms with Crippen molar-refractivity contribution in [2.24, 2.45) is 5.41 Å². The van der Waals surface area contributed by atoms with Gasteiger partial charge in [-0.15, -0.1) is 0 Å². The molecule has 0 radical (unpaired) electrons. The van der Waals surface area contributed by atoms with E-state index in [1.165, 1.54) is 6.07 Å². The first-order valence-corrected chi connectivity index (χ1v) is 13.4. The number of rotatable bonds is 6. The van der Waals surface area contributed by atoms with E-state index in [9.17, 15) is 14.4 Å². The quantitative estimate of drug-likeness (QED) is 0.297. The van der Waals surface area contributed by atoms with Crippen LogP contribution in [0.4, 0.5) is 4.39 Å². The Bertz CT molecular complexity index is 1290. The van der Waals surface area contributed by atoms with E-state index < -0.39 is 11.2 Å². The summed E-state index contributed by atoms with van der Waals surface area (Å²) < 4.78 is 13.0. The van der Waals surface area contributed by atoms with Gasteiger partial charge in [0.25, 0.3) is 0 Å². The van der Waals surface area contributed by atoms with Crippen molar-refractivity contribution in [3.63, 3.8) is 0 Å². The predicted octanol–water partition coefficient (Wildman–Crippen LogP) is 7.67. The fourth-order valence-corrected chi connectivity index (χ4v) is 5.48. The van der Waals surface area contributed by atoms with Crippen molar-refractivity contribution in [2.45, 2.75) is 51.1 Å². The van der Waals surface area contributed by atoms with Crippen LogP contribution in [0.15, 0.2) is 66.7 Å². The maximum atomic E-state index is 13.0. The van der Waals surface area contributed by atoms with E-state index in [-0.39, 0.29) is 28.9 Å². The van der Waals surface area contributed by atoms with Gasteiger partial charge in [0, 0.05) is 40.7 Å². The molecule has 3 atom stereocenters. The molecule has 0 spiro atoms. The Morgan fingerprint density at radius 3 is 2.37 bits per heavy atom. The number of hydrogen-bond donors (Lipinski definition) is 2. The molecule has 0 saturated carbocycles. The molecule has 0 bridgehead atoms. The molecule has 3 aromatic carbocycles. The average molecular weight is 575 g/mol. The first-order chi connectivity index (χ1) is 18.0. The summed E-state index contributed by atoms with van der Waals surface area (Å²) in [6.45, 7) is 7.55. The van der Waals surface area contributed by atoms with E-state index in [0.29, 0.717) is 22.0 Å². The first kappa shape index (κ1) is 29.9. The minimum atomic E-state index is -0.664. The number of nitrogens with zero attached hydrogens (tertiary/aromatic N) is 1. The number of benzene rings is 3. The van der Waals surface area contributed by atoms with Gasteiger partial charge in [-0.1, -0.05) is 92.0 Å². The fourth-order valence-electron chi connectivity index (χ4n) is 4.96. The van der Waals surface area contributed by atoms with Gasteiger partial charge in [-0.05, 0) is 53.3 Å². The summed E-state index contributed by atoms with van der Waals surface area (Å²) in [4.78, 5) is 9.91. The number of nitriles is 1. The van der Waals surface area contributed by atoms with Crippen LogP contribution in [0.3, 0.4) is 0 Å². The molecule has 1 amide bonds. The zero-order valence-corrected chi connectivity index (χ0v) is 23.8. The topological polar surface area (TPSA) is 64.9 Å². The highest BCUT2D eigenvalue weighted by molar-refractivity contribution is 6.31. The maximum Gasteiger partial charge on any atom is 0.207 e. The molecule has 3 aromatic rings. The standard InChI is InChI=1S/C22H24Cl2N2.C8H7ClFNO/c1-21(2,3)12-20-22(14-25,16-7-9-17(23)10-8-16)19(13-26-20)15-5-4-6-18(24)11-15;9-7-3-1-2-6(8(7)10)4-11-5-12/h4-11,19-20,26H,12-13H2,1-3H3;1-3,5H,4H2,(H,11,12)/t19?,20-,22+;/m0./s1. The zero-order valence-electron chi connectivity index (χ0n) is 21.6. The van der Waals surface area contributed by atoms with Crippen LogP contribution in [0.25, 0.3) is 0 Å². The largest absolute Gasteiger partial charge is 0.354 e. The Kier molecular flexibility index (Phi) is 10.2. The number of hydrogen-bond acceptors (Lipinski definition) is 3. The summed E-state index contributed by atoms with van der Waals surface area (Å²) in [7, 11) is 0. The molecule has 200 valence electrons. The number of carbonyl (C=O) groups excluding carboxylic acids is 1. The second-order valence-electron chi connectivity index (χ2n) is 10.5. The minimum absolute atomic E-state index is 0.0275. The normalized spacial score (nSPS) is 20.7. The second-order valence-corrected chi connectivity index (χ2v) is 11.8. The molecule has 1 saturated heterocycles. The van der Waals surface area contributed by atoms with Gasteiger partial charge < -0.3 is 10.6 Å². The molecule has 8 heteroatoms. The minimum Gasteiger partial charge on any atom is -0.354 e. The van der Waals surface area contributed by atoms with Gasteiger partial charge in [-0.25, -0.2) is 4.39 Å². The molecule has 1 unspecified atom stereocenters. The Morgan fingerprint density at radius 1 is 1.08 bits per heavy atom. The number of nitrogens with one attached hydrogen (secondary N) is 2. The molecule has 1 heterocycles. The monoisotopic (exact) mass is 573 g/mol. The molecule has 2 N–H and O–H groups in total. The summed E-state index contributed by atoms with van der Waals surface area (Å²) in [5.74, 6) is -0.451. The third-order valence-corrected chi connectivity index (χ3v) is 7.43. The molecule has 4 nitrogen and oxygen atoms in total. The van der Waals surface area contributed by atoms with E-state index >= 15 is 0 Å². The smallest absolute Gasteiger partial charge is 0.207 e. The molecule has 38 heavy (non-hydrogen) atoms. The van der Waals surface area contributed by atoms with Crippen molar-refractivity contribution >= 4 is 41.2 Å². The van der Waals surface area contributed by atoms with Gasteiger partial charge in [0.2, 0.25) is 6.41 Å². The predicted molar refractivity (Wildman–Crippen MR) is 153 cm³/mol. The highest BCUT2D eigenvalue weighted by Crippen LogP contribution is 2.48. The fraction of sp³-hybridized carbons (Fsp3) is 0.333. The van der Waals surface area contributed by atoms with Crippen molar-refractivity contribution in [1.82, 2.24) is 10.6 Å². The summed E-state index contributed by atoms with van der Waals surface area (Å²) in [6, 6.07) is 23.0. The molecule has 1 aliphatic heterocycles. The van der Waals surface area contributed by atoms with Gasteiger partial charge in [0.1, 0.15) is 11.2 Å². The molecule has 0 aliphatic carbocycles. The summed E-state index contributed by atoms with van der Waals surface area (Å²) in [5.41, 5.74) is 1.93. The number of carbonyl (C=O) groups is 1. The highest BCUT2D eigenvalue weighted by Gasteiger charge is 2.53. The van der Waals surface area contributed by atoms with Crippen molar-refractivity contribution in [2.75, 3.05) is 6.54 Å². The van der Waals surface area contributed by atoms with E-state index in [4.69, 9.17) is 34.8 Å². The third-order valence-electron chi connectivity index (χ3n) is 6.65. The van der Waals surface area contributed by atoms with Crippen LogP contribution in [0.2, 0.25) is 15.1 Å². The molecular weight excluding hydrogens is 544 g/mol. The van der Waals surface area contributed by atoms with E-state index in [2.05, 4.69) is 43.5 Å². The molecule has 4 rings (SSSR count). The van der Waals surface area contributed by atoms with Gasteiger partial charge in [0.15, 0.2) is 0 Å². The molecule has 1 fully saturated rings. The van der Waals surface area contributed by atoms with Gasteiger partial charge in [0.05, 0.1) is 11.1 Å². The van der Waals surface area contributed by atoms with Crippen LogP contribution in [0.5, 0.6) is 0 Å². The van der Waals surface area contributed by atoms with E-state index in [1.807, 2.05) is 42.5 Å². The lowest BCUT2D eigenvalue weighted by Crippen LogP contribution is -2.44. The summed E-state index contributed by atoms with van der Waals surface area (Å²) >= 11 is 17.9. The average Bonchev–Trinajstić information content (AvgIpc) is 3.23. The molecule has 1 aliphatic rings. The second kappa shape index (κ2) is 13.0. The lowest BCUT2D eigenvalue weighted by atomic mass is 9.64. The molecule has 0 aromatic heterocycles. The summed E-state index contributed by atoms with van der Waals surface area (Å²) in [5, 5.41) is 17.9. The van der Waals surface area contributed by atoms with Crippen LogP contribution < -0.4 is 10.6 Å². The van der Waals surface area contributed by atoms with Gasteiger partial charge in [-0.3, -0.25) is 4.79 Å². The zero-order chi connectivity index (χ0) is 27.9. The van der Waals surface area contributed by atoms with Crippen LogP contribution in [-0.2, 0) is 16.8 Å². The first-order valence-electron chi connectivity index (χ1n) is 12.3. The Hall–Kier alpha value is -2.62. The van der Waals surface area contributed by atoms with Crippen molar-refractivity contribution in [3.05, 3.63) is 104 Å². The number of amides is 1. The third kappa shape index (κ3) is 7.07. The lowest BCUT2D eigenvalue weighted by molar-refractivity contribution is -0.109. The Labute approximate surface area is 239 Å². The maximum absolute atomic E-state index is 13.0. The van der Waals surface area contributed by atoms with Gasteiger partial charge >= 0.3 is 0 Å².